The number of carbonyl (C=O) groups excluding carboxylic acids is 1. The third-order valence-electron chi connectivity index (χ3n) is 3.84. The molecule has 1 atom stereocenters. The van der Waals surface area contributed by atoms with Gasteiger partial charge in [0.1, 0.15) is 11.9 Å². The SMILES string of the molecule is CC[C@@H](C(=O)Nc1ccc(Br)c(C)c1)N(c1ccc(F)cc1)S(C)(=O)=O. The van der Waals surface area contributed by atoms with Gasteiger partial charge in [0.2, 0.25) is 15.9 Å². The van der Waals surface area contributed by atoms with Crippen LogP contribution >= 0.6 is 15.9 Å². The molecule has 0 unspecified atom stereocenters. The Morgan fingerprint density at radius 2 is 1.85 bits per heavy atom. The molecule has 140 valence electrons. The number of aryl methyl sites for hydroxylation is 1. The van der Waals surface area contributed by atoms with Crippen molar-refractivity contribution in [2.45, 2.75) is 26.3 Å². The van der Waals surface area contributed by atoms with E-state index in [4.69, 9.17) is 0 Å². The number of halogens is 2. The minimum Gasteiger partial charge on any atom is -0.324 e. The molecule has 0 radical (unpaired) electrons. The molecule has 5 nitrogen and oxygen atoms in total. The van der Waals surface area contributed by atoms with Crippen LogP contribution in [0.15, 0.2) is 46.9 Å². The van der Waals surface area contributed by atoms with Crippen molar-refractivity contribution in [1.82, 2.24) is 0 Å². The standard InChI is InChI=1S/C18H20BrFN2O3S/c1-4-17(18(23)21-14-7-10-16(19)12(2)11-14)22(26(3,24)25)15-8-5-13(20)6-9-15/h5-11,17H,4H2,1-3H3,(H,21,23)/t17-/m0/s1. The molecule has 0 heterocycles. The fourth-order valence-corrected chi connectivity index (χ4v) is 4.05. The highest BCUT2D eigenvalue weighted by atomic mass is 79.9. The van der Waals surface area contributed by atoms with E-state index >= 15 is 0 Å². The highest BCUT2D eigenvalue weighted by Crippen LogP contribution is 2.25. The summed E-state index contributed by atoms with van der Waals surface area (Å²) in [5.74, 6) is -0.936. The Bertz CT molecular complexity index is 901. The fourth-order valence-electron chi connectivity index (χ4n) is 2.60. The van der Waals surface area contributed by atoms with Crippen molar-refractivity contribution in [2.75, 3.05) is 15.9 Å². The summed E-state index contributed by atoms with van der Waals surface area (Å²) in [5, 5.41) is 2.75. The van der Waals surface area contributed by atoms with Gasteiger partial charge in [-0.15, -0.1) is 0 Å². The number of carbonyl (C=O) groups is 1. The van der Waals surface area contributed by atoms with E-state index in [1.54, 1.807) is 25.1 Å². The number of anilines is 2. The predicted octanol–water partition coefficient (Wildman–Crippen LogP) is 4.08. The van der Waals surface area contributed by atoms with Gasteiger partial charge in [-0.25, -0.2) is 12.8 Å². The van der Waals surface area contributed by atoms with Crippen LogP contribution in [0.3, 0.4) is 0 Å². The van der Waals surface area contributed by atoms with E-state index in [-0.39, 0.29) is 12.1 Å². The van der Waals surface area contributed by atoms with Crippen molar-refractivity contribution in [3.8, 4) is 0 Å². The van der Waals surface area contributed by atoms with Gasteiger partial charge >= 0.3 is 0 Å². The van der Waals surface area contributed by atoms with Gasteiger partial charge in [-0.2, -0.15) is 0 Å². The van der Waals surface area contributed by atoms with Crippen LogP contribution in [0.2, 0.25) is 0 Å². The monoisotopic (exact) mass is 442 g/mol. The van der Waals surface area contributed by atoms with E-state index in [1.807, 2.05) is 6.92 Å². The molecule has 2 rings (SSSR count). The summed E-state index contributed by atoms with van der Waals surface area (Å²) in [7, 11) is -3.75. The quantitative estimate of drug-likeness (QED) is 0.732. The minimum absolute atomic E-state index is 0.239. The summed E-state index contributed by atoms with van der Waals surface area (Å²) in [4.78, 5) is 12.8. The molecule has 0 aliphatic carbocycles. The highest BCUT2D eigenvalue weighted by Gasteiger charge is 2.31. The molecule has 8 heteroatoms. The van der Waals surface area contributed by atoms with Crippen molar-refractivity contribution in [2.24, 2.45) is 0 Å². The second kappa shape index (κ2) is 8.18. The maximum Gasteiger partial charge on any atom is 0.248 e. The van der Waals surface area contributed by atoms with Crippen molar-refractivity contribution in [1.29, 1.82) is 0 Å². The summed E-state index contributed by atoms with van der Waals surface area (Å²) in [5.41, 5.74) is 1.75. The lowest BCUT2D eigenvalue weighted by Gasteiger charge is -2.30. The summed E-state index contributed by atoms with van der Waals surface area (Å²) in [6, 6.07) is 9.38. The zero-order valence-corrected chi connectivity index (χ0v) is 17.1. The molecule has 1 amide bonds. The largest absolute Gasteiger partial charge is 0.324 e. The van der Waals surface area contributed by atoms with Crippen molar-refractivity contribution < 1.29 is 17.6 Å². The maximum atomic E-state index is 13.2. The lowest BCUT2D eigenvalue weighted by Crippen LogP contribution is -2.47. The first kappa shape index (κ1) is 20.4. The fraction of sp³-hybridized carbons (Fsp3) is 0.278. The van der Waals surface area contributed by atoms with Crippen LogP contribution in [0, 0.1) is 12.7 Å². The maximum absolute atomic E-state index is 13.2. The van der Waals surface area contributed by atoms with Gasteiger partial charge in [-0.05, 0) is 61.4 Å². The molecule has 2 aromatic carbocycles. The molecule has 2 aromatic rings. The summed E-state index contributed by atoms with van der Waals surface area (Å²) in [6.07, 6.45) is 1.28. The number of hydrogen-bond donors (Lipinski definition) is 1. The highest BCUT2D eigenvalue weighted by molar-refractivity contribution is 9.10. The van der Waals surface area contributed by atoms with E-state index in [1.165, 1.54) is 12.1 Å². The third kappa shape index (κ3) is 4.82. The summed E-state index contributed by atoms with van der Waals surface area (Å²) >= 11 is 3.39. The number of sulfonamides is 1. The van der Waals surface area contributed by atoms with Crippen LogP contribution in [0.4, 0.5) is 15.8 Å². The molecule has 26 heavy (non-hydrogen) atoms. The van der Waals surface area contributed by atoms with Crippen LogP contribution in [-0.4, -0.2) is 26.6 Å². The molecule has 0 saturated heterocycles. The average Bonchev–Trinajstić information content (AvgIpc) is 2.56. The number of nitrogens with zero attached hydrogens (tertiary/aromatic N) is 1. The Morgan fingerprint density at radius 3 is 2.35 bits per heavy atom. The van der Waals surface area contributed by atoms with Gasteiger partial charge in [0.05, 0.1) is 11.9 Å². The van der Waals surface area contributed by atoms with Gasteiger partial charge in [-0.3, -0.25) is 9.10 Å². The number of nitrogens with one attached hydrogen (secondary N) is 1. The molecular weight excluding hydrogens is 423 g/mol. The Hall–Kier alpha value is -1.93. The molecule has 0 aromatic heterocycles. The molecule has 1 N–H and O–H groups in total. The lowest BCUT2D eigenvalue weighted by atomic mass is 10.1. The van der Waals surface area contributed by atoms with E-state index < -0.39 is 27.8 Å². The van der Waals surface area contributed by atoms with Crippen LogP contribution in [0.25, 0.3) is 0 Å². The number of amides is 1. The van der Waals surface area contributed by atoms with E-state index in [9.17, 15) is 17.6 Å². The second-order valence-electron chi connectivity index (χ2n) is 5.91. The molecule has 0 aliphatic rings. The predicted molar refractivity (Wildman–Crippen MR) is 105 cm³/mol. The van der Waals surface area contributed by atoms with Crippen LogP contribution in [0.5, 0.6) is 0 Å². The Morgan fingerprint density at radius 1 is 1.23 bits per heavy atom. The Labute approximate surface area is 161 Å². The number of hydrogen-bond acceptors (Lipinski definition) is 3. The molecule has 0 bridgehead atoms. The average molecular weight is 443 g/mol. The first-order valence-corrected chi connectivity index (χ1v) is 10.6. The third-order valence-corrected chi connectivity index (χ3v) is 5.91. The first-order valence-electron chi connectivity index (χ1n) is 7.95. The van der Waals surface area contributed by atoms with Crippen LogP contribution in [-0.2, 0) is 14.8 Å². The van der Waals surface area contributed by atoms with Gasteiger partial charge in [0.15, 0.2) is 0 Å². The van der Waals surface area contributed by atoms with E-state index in [0.29, 0.717) is 5.69 Å². The van der Waals surface area contributed by atoms with Gasteiger partial charge in [0.25, 0.3) is 0 Å². The van der Waals surface area contributed by atoms with Crippen molar-refractivity contribution >= 4 is 43.2 Å². The number of rotatable bonds is 6. The number of benzene rings is 2. The second-order valence-corrected chi connectivity index (χ2v) is 8.63. The first-order chi connectivity index (χ1) is 12.1. The van der Waals surface area contributed by atoms with Gasteiger partial charge in [-0.1, -0.05) is 22.9 Å². The lowest BCUT2D eigenvalue weighted by molar-refractivity contribution is -0.117. The Kier molecular flexibility index (Phi) is 6.41. The molecular formula is C18H20BrFN2O3S. The summed E-state index contributed by atoms with van der Waals surface area (Å²) < 4.78 is 39.8. The Balaban J connectivity index is 2.36. The van der Waals surface area contributed by atoms with Crippen molar-refractivity contribution in [3.63, 3.8) is 0 Å². The summed E-state index contributed by atoms with van der Waals surface area (Å²) in [6.45, 7) is 3.61. The van der Waals surface area contributed by atoms with Crippen LogP contribution in [0.1, 0.15) is 18.9 Å². The molecule has 0 spiro atoms. The topological polar surface area (TPSA) is 66.5 Å². The minimum atomic E-state index is -3.75. The van der Waals surface area contributed by atoms with Gasteiger partial charge < -0.3 is 5.32 Å². The zero-order valence-electron chi connectivity index (χ0n) is 14.7. The normalized spacial score (nSPS) is 12.5. The zero-order chi connectivity index (χ0) is 19.5. The van der Waals surface area contributed by atoms with E-state index in [0.717, 1.165) is 32.7 Å². The van der Waals surface area contributed by atoms with Crippen LogP contribution < -0.4 is 9.62 Å². The molecule has 0 fully saturated rings. The van der Waals surface area contributed by atoms with Crippen molar-refractivity contribution in [3.05, 3.63) is 58.3 Å². The smallest absolute Gasteiger partial charge is 0.248 e. The molecule has 0 aliphatic heterocycles. The van der Waals surface area contributed by atoms with E-state index in [2.05, 4.69) is 21.2 Å². The van der Waals surface area contributed by atoms with Gasteiger partial charge in [0, 0.05) is 10.2 Å². The molecule has 0 saturated carbocycles.